The molecule has 0 radical (unpaired) electrons. The number of rotatable bonds is 7. The molecule has 0 bridgehead atoms. The van der Waals surface area contributed by atoms with Crippen molar-refractivity contribution in [2.75, 3.05) is 6.61 Å². The van der Waals surface area contributed by atoms with Crippen LogP contribution in [0.5, 0.6) is 5.75 Å². The highest BCUT2D eigenvalue weighted by Crippen LogP contribution is 2.34. The lowest BCUT2D eigenvalue weighted by molar-refractivity contribution is 0.333. The van der Waals surface area contributed by atoms with Gasteiger partial charge in [-0.2, -0.15) is 8.78 Å². The van der Waals surface area contributed by atoms with Crippen LogP contribution in [0.4, 0.5) is 22.0 Å². The third-order valence-electron chi connectivity index (χ3n) is 5.49. The molecule has 0 amide bonds. The van der Waals surface area contributed by atoms with E-state index < -0.39 is 29.2 Å². The number of hydrogen-bond donors (Lipinski definition) is 0. The summed E-state index contributed by atoms with van der Waals surface area (Å²) in [5.41, 5.74) is 0.594. The Morgan fingerprint density at radius 2 is 1.28 bits per heavy atom. The van der Waals surface area contributed by atoms with Crippen LogP contribution in [-0.4, -0.2) is 11.6 Å². The van der Waals surface area contributed by atoms with Crippen molar-refractivity contribution < 1.29 is 26.7 Å². The van der Waals surface area contributed by atoms with Gasteiger partial charge < -0.3 is 4.74 Å². The van der Waals surface area contributed by atoms with Crippen molar-refractivity contribution in [1.29, 1.82) is 0 Å². The van der Waals surface area contributed by atoms with Crippen LogP contribution in [0.1, 0.15) is 12.5 Å². The van der Waals surface area contributed by atoms with Crippen LogP contribution < -0.4 is 4.74 Å². The van der Waals surface area contributed by atoms with Gasteiger partial charge in [0.1, 0.15) is 6.61 Å². The maximum atomic E-state index is 15.0. The molecule has 4 aromatic rings. The number of hydrogen-bond acceptors (Lipinski definition) is 2. The molecule has 2 nitrogen and oxygen atoms in total. The number of aromatic nitrogens is 1. The molecule has 7 heteroatoms. The maximum Gasteiger partial charge on any atom is 0.220 e. The number of benzene rings is 3. The molecular formula is C29H20F5NO. The first-order valence-electron chi connectivity index (χ1n) is 11.0. The third kappa shape index (κ3) is 4.77. The summed E-state index contributed by atoms with van der Waals surface area (Å²) in [6, 6.07) is 14.1. The minimum absolute atomic E-state index is 0.0125. The smallest absolute Gasteiger partial charge is 0.220 e. The van der Waals surface area contributed by atoms with Gasteiger partial charge in [-0.15, -0.1) is 0 Å². The Morgan fingerprint density at radius 1 is 0.722 bits per heavy atom. The molecule has 182 valence electrons. The van der Waals surface area contributed by atoms with E-state index in [1.807, 2.05) is 0 Å². The Labute approximate surface area is 205 Å². The van der Waals surface area contributed by atoms with Crippen LogP contribution in [0.25, 0.3) is 39.6 Å². The fourth-order valence-electron chi connectivity index (χ4n) is 3.71. The van der Waals surface area contributed by atoms with E-state index in [1.165, 1.54) is 72.8 Å². The molecule has 0 atom stereocenters. The predicted molar refractivity (Wildman–Crippen MR) is 131 cm³/mol. The molecule has 0 N–H and O–H groups in total. The molecule has 0 spiro atoms. The quantitative estimate of drug-likeness (QED) is 0.147. The van der Waals surface area contributed by atoms with Gasteiger partial charge in [0.15, 0.2) is 23.2 Å². The van der Waals surface area contributed by atoms with Gasteiger partial charge in [0.25, 0.3) is 0 Å². The van der Waals surface area contributed by atoms with E-state index in [9.17, 15) is 22.0 Å². The molecule has 3 aromatic carbocycles. The minimum atomic E-state index is -1.18. The molecule has 0 unspecified atom stereocenters. The Hall–Kier alpha value is -4.26. The molecule has 0 saturated carbocycles. The molecule has 4 rings (SSSR count). The SMILES string of the molecule is C=CCOc1ccc(-c2ccc(-c3ccc(-c4ccc(C=CC)c(F)n4)c(F)c3F)cc2)c(F)c1F. The van der Waals surface area contributed by atoms with Crippen molar-refractivity contribution >= 4 is 6.08 Å². The number of nitrogens with zero attached hydrogens (tertiary/aromatic N) is 1. The van der Waals surface area contributed by atoms with E-state index in [0.717, 1.165) is 0 Å². The number of allylic oxidation sites excluding steroid dienone is 1. The zero-order valence-electron chi connectivity index (χ0n) is 19.2. The van der Waals surface area contributed by atoms with E-state index in [0.29, 0.717) is 11.1 Å². The Balaban J connectivity index is 1.65. The summed E-state index contributed by atoms with van der Waals surface area (Å²) in [6.07, 6.45) is 4.56. The Kier molecular flexibility index (Phi) is 7.29. The second-order valence-electron chi connectivity index (χ2n) is 7.78. The van der Waals surface area contributed by atoms with Gasteiger partial charge in [0, 0.05) is 22.3 Å². The normalized spacial score (nSPS) is 11.2. The lowest BCUT2D eigenvalue weighted by Gasteiger charge is -2.11. The van der Waals surface area contributed by atoms with Crippen LogP contribution >= 0.6 is 0 Å². The van der Waals surface area contributed by atoms with E-state index >= 15 is 0 Å². The van der Waals surface area contributed by atoms with Crippen LogP contribution in [0.3, 0.4) is 0 Å². The molecule has 1 heterocycles. The van der Waals surface area contributed by atoms with Crippen LogP contribution in [0, 0.1) is 29.2 Å². The predicted octanol–water partition coefficient (Wildman–Crippen LogP) is 8.38. The summed E-state index contributed by atoms with van der Waals surface area (Å²) in [6.45, 7) is 5.21. The summed E-state index contributed by atoms with van der Waals surface area (Å²) in [4.78, 5) is 3.74. The molecule has 0 aliphatic rings. The first kappa shape index (κ1) is 24.9. The molecule has 0 fully saturated rings. The lowest BCUT2D eigenvalue weighted by atomic mass is 9.97. The van der Waals surface area contributed by atoms with Gasteiger partial charge in [-0.05, 0) is 48.4 Å². The second kappa shape index (κ2) is 10.6. The Morgan fingerprint density at radius 3 is 1.86 bits per heavy atom. The zero-order valence-corrected chi connectivity index (χ0v) is 19.2. The third-order valence-corrected chi connectivity index (χ3v) is 5.49. The zero-order chi connectivity index (χ0) is 25.8. The van der Waals surface area contributed by atoms with E-state index in [-0.39, 0.29) is 40.3 Å². The van der Waals surface area contributed by atoms with Crippen molar-refractivity contribution in [2.24, 2.45) is 0 Å². The summed E-state index contributed by atoms with van der Waals surface area (Å²) in [5, 5.41) is 0. The highest BCUT2D eigenvalue weighted by atomic mass is 19.2. The highest BCUT2D eigenvalue weighted by Gasteiger charge is 2.19. The van der Waals surface area contributed by atoms with Crippen molar-refractivity contribution in [1.82, 2.24) is 4.98 Å². The van der Waals surface area contributed by atoms with Crippen molar-refractivity contribution in [2.45, 2.75) is 6.92 Å². The largest absolute Gasteiger partial charge is 0.486 e. The number of pyridine rings is 1. The van der Waals surface area contributed by atoms with Crippen LogP contribution in [-0.2, 0) is 0 Å². The molecule has 36 heavy (non-hydrogen) atoms. The number of halogens is 5. The first-order valence-corrected chi connectivity index (χ1v) is 11.0. The van der Waals surface area contributed by atoms with E-state index in [2.05, 4.69) is 11.6 Å². The Bertz CT molecular complexity index is 1460. The van der Waals surface area contributed by atoms with E-state index in [4.69, 9.17) is 4.74 Å². The molecule has 0 aliphatic heterocycles. The summed E-state index contributed by atoms with van der Waals surface area (Å²) < 4.78 is 78.1. The number of ether oxygens (including phenoxy) is 1. The lowest BCUT2D eigenvalue weighted by Crippen LogP contribution is -1.99. The van der Waals surface area contributed by atoms with Crippen LogP contribution in [0.2, 0.25) is 0 Å². The van der Waals surface area contributed by atoms with Crippen molar-refractivity contribution in [3.8, 4) is 39.3 Å². The average Bonchev–Trinajstić information content (AvgIpc) is 2.88. The average molecular weight is 493 g/mol. The van der Waals surface area contributed by atoms with Gasteiger partial charge in [-0.25, -0.2) is 18.2 Å². The van der Waals surface area contributed by atoms with Gasteiger partial charge in [0.05, 0.1) is 5.69 Å². The fraction of sp³-hybridized carbons (Fsp3) is 0.0690. The van der Waals surface area contributed by atoms with Gasteiger partial charge in [-0.3, -0.25) is 0 Å². The topological polar surface area (TPSA) is 22.1 Å². The van der Waals surface area contributed by atoms with Gasteiger partial charge in [-0.1, -0.05) is 55.1 Å². The molecular weight excluding hydrogens is 473 g/mol. The van der Waals surface area contributed by atoms with Gasteiger partial charge in [0.2, 0.25) is 11.8 Å². The van der Waals surface area contributed by atoms with Crippen molar-refractivity contribution in [3.05, 3.63) is 114 Å². The summed E-state index contributed by atoms with van der Waals surface area (Å²) in [7, 11) is 0. The maximum absolute atomic E-state index is 15.0. The first-order chi connectivity index (χ1) is 17.3. The summed E-state index contributed by atoms with van der Waals surface area (Å²) >= 11 is 0. The summed E-state index contributed by atoms with van der Waals surface area (Å²) in [5.74, 6) is -5.58. The molecule has 1 aromatic heterocycles. The molecule has 0 saturated heterocycles. The minimum Gasteiger partial charge on any atom is -0.486 e. The van der Waals surface area contributed by atoms with Crippen molar-refractivity contribution in [3.63, 3.8) is 0 Å². The van der Waals surface area contributed by atoms with Crippen LogP contribution in [0.15, 0.2) is 79.4 Å². The molecule has 0 aliphatic carbocycles. The van der Waals surface area contributed by atoms with E-state index in [1.54, 1.807) is 13.0 Å². The highest BCUT2D eigenvalue weighted by molar-refractivity contribution is 5.74. The monoisotopic (exact) mass is 493 g/mol. The van der Waals surface area contributed by atoms with Gasteiger partial charge >= 0.3 is 0 Å². The second-order valence-corrected chi connectivity index (χ2v) is 7.78. The fourth-order valence-corrected chi connectivity index (χ4v) is 3.71. The standard InChI is InChI=1S/C29H20F5NO/c1-3-5-19-10-14-23(35-29(19)34)22-12-11-20(25(30)27(22)32)17-6-8-18(9-7-17)21-13-15-24(36-16-4-2)28(33)26(21)31/h3-15H,2,16H2,1H3.